The quantitative estimate of drug-likeness (QED) is 0.129. The molecule has 60 heavy (non-hydrogen) atoms. The third-order valence-corrected chi connectivity index (χ3v) is 20.6. The third-order valence-electron chi connectivity index (χ3n) is 13.6. The Bertz CT molecular complexity index is 2860. The molecule has 2 aliphatic heterocycles. The highest BCUT2D eigenvalue weighted by atomic mass is 28.3. The normalized spacial score (nSPS) is 14.7. The Balaban J connectivity index is 1.23. The van der Waals surface area contributed by atoms with E-state index in [-0.39, 0.29) is 0 Å². The first-order valence-electron chi connectivity index (χ1n) is 21.3. The average Bonchev–Trinajstić information content (AvgIpc) is 3.27. The highest BCUT2D eigenvalue weighted by Gasteiger charge is 2.40. The summed E-state index contributed by atoms with van der Waals surface area (Å²) < 4.78 is 0. The summed E-state index contributed by atoms with van der Waals surface area (Å²) in [4.78, 5) is 5.05. The Labute approximate surface area is 356 Å². The maximum Gasteiger partial charge on any atom is 0.117 e. The molecular formula is C56H48N2Si2. The van der Waals surface area contributed by atoms with Gasteiger partial charge in [-0.25, -0.2) is 0 Å². The molecule has 0 spiro atoms. The average molecular weight is 805 g/mol. The summed E-state index contributed by atoms with van der Waals surface area (Å²) in [6.45, 7) is 14.3. The van der Waals surface area contributed by atoms with E-state index in [4.69, 9.17) is 0 Å². The van der Waals surface area contributed by atoms with Crippen molar-refractivity contribution in [2.75, 3.05) is 9.80 Å². The molecule has 0 amide bonds. The summed E-state index contributed by atoms with van der Waals surface area (Å²) in [6, 6.07) is 69.3. The van der Waals surface area contributed by atoms with E-state index in [1.54, 1.807) is 0 Å². The molecule has 2 heterocycles. The number of anilines is 6. The first-order chi connectivity index (χ1) is 29.1. The van der Waals surface area contributed by atoms with E-state index >= 15 is 0 Å². The summed E-state index contributed by atoms with van der Waals surface area (Å²) >= 11 is 0. The number of rotatable bonds is 4. The molecule has 290 valence electrons. The minimum Gasteiger partial charge on any atom is -0.311 e. The smallest absolute Gasteiger partial charge is 0.117 e. The standard InChI is InChI=1S/C56H48N2Si2/c1-37-23-27-39(28-24-37)55-43-33-31-42(58-49-17-9-13-21-53(49)60(5,6)54-22-14-10-18-50(54)58)36-46(43)56(40-29-25-38(2)26-30-40)44-34-32-41(35-45(44)55)57-47-15-7-11-19-51(47)59(3,4)52-20-12-8-16-48(52)57/h7-36H,1-6H3. The number of hydrogen-bond donors (Lipinski definition) is 0. The van der Waals surface area contributed by atoms with Crippen molar-refractivity contribution < 1.29 is 0 Å². The van der Waals surface area contributed by atoms with Crippen molar-refractivity contribution >= 4 is 92.6 Å². The Kier molecular flexibility index (Phi) is 8.26. The molecule has 4 heteroatoms. The van der Waals surface area contributed by atoms with Gasteiger partial charge >= 0.3 is 0 Å². The maximum absolute atomic E-state index is 2.52. The molecule has 9 aromatic rings. The second-order valence-electron chi connectivity index (χ2n) is 17.9. The van der Waals surface area contributed by atoms with Crippen LogP contribution in [0.2, 0.25) is 26.2 Å². The van der Waals surface area contributed by atoms with Crippen molar-refractivity contribution in [3.8, 4) is 22.3 Å². The zero-order valence-corrected chi connectivity index (χ0v) is 37.2. The zero-order valence-electron chi connectivity index (χ0n) is 35.2. The van der Waals surface area contributed by atoms with Gasteiger partial charge in [-0.2, -0.15) is 0 Å². The molecule has 0 saturated carbocycles. The molecule has 2 aliphatic rings. The maximum atomic E-state index is 2.52. The summed E-state index contributed by atoms with van der Waals surface area (Å²) in [5.41, 5.74) is 15.0. The van der Waals surface area contributed by atoms with Gasteiger partial charge in [-0.05, 0) is 127 Å². The molecule has 0 aromatic heterocycles. The van der Waals surface area contributed by atoms with Crippen LogP contribution >= 0.6 is 0 Å². The minimum absolute atomic E-state index is 1.18. The topological polar surface area (TPSA) is 6.48 Å². The van der Waals surface area contributed by atoms with Gasteiger partial charge in [0.25, 0.3) is 0 Å². The van der Waals surface area contributed by atoms with Crippen molar-refractivity contribution in [1.82, 2.24) is 0 Å². The molecule has 0 radical (unpaired) electrons. The first kappa shape index (κ1) is 36.6. The van der Waals surface area contributed by atoms with E-state index in [0.717, 1.165) is 0 Å². The highest BCUT2D eigenvalue weighted by Crippen LogP contribution is 2.49. The van der Waals surface area contributed by atoms with Crippen LogP contribution < -0.4 is 30.5 Å². The molecule has 0 aliphatic carbocycles. The van der Waals surface area contributed by atoms with E-state index in [9.17, 15) is 0 Å². The molecule has 0 saturated heterocycles. The lowest BCUT2D eigenvalue weighted by Crippen LogP contribution is -2.58. The molecule has 2 nitrogen and oxygen atoms in total. The van der Waals surface area contributed by atoms with Crippen molar-refractivity contribution in [3.05, 3.63) is 193 Å². The van der Waals surface area contributed by atoms with Crippen LogP contribution in [0.25, 0.3) is 43.8 Å². The van der Waals surface area contributed by atoms with Crippen molar-refractivity contribution in [3.63, 3.8) is 0 Å². The third kappa shape index (κ3) is 5.44. The van der Waals surface area contributed by atoms with E-state index in [1.165, 1.54) is 110 Å². The van der Waals surface area contributed by atoms with Crippen molar-refractivity contribution in [1.29, 1.82) is 0 Å². The van der Waals surface area contributed by atoms with Gasteiger partial charge in [0.15, 0.2) is 0 Å². The van der Waals surface area contributed by atoms with Crippen LogP contribution in [-0.2, 0) is 0 Å². The van der Waals surface area contributed by atoms with E-state index < -0.39 is 16.1 Å². The summed E-state index contributed by atoms with van der Waals surface area (Å²) in [6.07, 6.45) is 0. The van der Waals surface area contributed by atoms with E-state index in [1.807, 2.05) is 0 Å². The van der Waals surface area contributed by atoms with Crippen molar-refractivity contribution in [2.24, 2.45) is 0 Å². The molecular weight excluding hydrogens is 757 g/mol. The van der Waals surface area contributed by atoms with Gasteiger partial charge in [-0.3, -0.25) is 0 Å². The fourth-order valence-corrected chi connectivity index (χ4v) is 16.4. The van der Waals surface area contributed by atoms with E-state index in [2.05, 4.69) is 232 Å². The lowest BCUT2D eigenvalue weighted by molar-refractivity contribution is 1.29. The highest BCUT2D eigenvalue weighted by molar-refractivity contribution is 7.03. The van der Waals surface area contributed by atoms with Gasteiger partial charge in [0.1, 0.15) is 16.1 Å². The van der Waals surface area contributed by atoms with Crippen LogP contribution in [0.15, 0.2) is 182 Å². The number of hydrogen-bond acceptors (Lipinski definition) is 2. The van der Waals surface area contributed by atoms with Gasteiger partial charge in [0.05, 0.1) is 0 Å². The Morgan fingerprint density at radius 3 is 0.933 bits per heavy atom. The van der Waals surface area contributed by atoms with Gasteiger partial charge in [0.2, 0.25) is 0 Å². The fraction of sp³-hybridized carbons (Fsp3) is 0.107. The number of aryl methyl sites for hydroxylation is 2. The molecule has 0 fully saturated rings. The Hall–Kier alpha value is -6.47. The summed E-state index contributed by atoms with van der Waals surface area (Å²) in [5.74, 6) is 0. The second kappa shape index (κ2) is 13.5. The molecule has 0 unspecified atom stereocenters. The van der Waals surface area contributed by atoms with Crippen LogP contribution in [0.4, 0.5) is 34.1 Å². The van der Waals surface area contributed by atoms with Crippen LogP contribution in [0.5, 0.6) is 0 Å². The summed E-state index contributed by atoms with van der Waals surface area (Å²) in [7, 11) is -3.88. The lowest BCUT2D eigenvalue weighted by atomic mass is 9.85. The van der Waals surface area contributed by atoms with Gasteiger partial charge < -0.3 is 9.80 Å². The Morgan fingerprint density at radius 2 is 0.617 bits per heavy atom. The van der Waals surface area contributed by atoms with E-state index in [0.29, 0.717) is 0 Å². The van der Waals surface area contributed by atoms with Gasteiger partial charge in [-0.15, -0.1) is 0 Å². The van der Waals surface area contributed by atoms with Crippen LogP contribution in [0.3, 0.4) is 0 Å². The van der Waals surface area contributed by atoms with Crippen LogP contribution in [0.1, 0.15) is 11.1 Å². The number of nitrogens with zero attached hydrogens (tertiary/aromatic N) is 2. The molecule has 0 bridgehead atoms. The molecule has 0 N–H and O–H groups in total. The number of fused-ring (bicyclic) bond motifs is 6. The fourth-order valence-electron chi connectivity index (χ4n) is 10.4. The van der Waals surface area contributed by atoms with Crippen LogP contribution in [-0.4, -0.2) is 16.1 Å². The predicted octanol–water partition coefficient (Wildman–Crippen LogP) is 13.2. The lowest BCUT2D eigenvalue weighted by Gasteiger charge is -2.41. The molecule has 0 atom stereocenters. The summed E-state index contributed by atoms with van der Waals surface area (Å²) in [5, 5.41) is 10.9. The SMILES string of the molecule is Cc1ccc(-c2c3ccc(N4c5ccccc5[Si](C)(C)c5ccccc54)cc3c(-c3ccc(C)cc3)c3ccc(N4c5ccccc5[Si](C)(C)c5ccccc54)cc23)cc1. The zero-order chi connectivity index (χ0) is 40.9. The second-order valence-corrected chi connectivity index (χ2v) is 26.6. The first-order valence-corrected chi connectivity index (χ1v) is 27.3. The number of para-hydroxylation sites is 4. The van der Waals surface area contributed by atoms with Gasteiger partial charge in [-0.1, -0.05) is 171 Å². The minimum atomic E-state index is -1.94. The van der Waals surface area contributed by atoms with Gasteiger partial charge in [0, 0.05) is 34.1 Å². The Morgan fingerprint density at radius 1 is 0.317 bits per heavy atom. The number of benzene rings is 9. The predicted molar refractivity (Wildman–Crippen MR) is 265 cm³/mol. The van der Waals surface area contributed by atoms with Crippen molar-refractivity contribution in [2.45, 2.75) is 40.0 Å². The molecule has 9 aromatic carbocycles. The monoisotopic (exact) mass is 804 g/mol. The molecule has 11 rings (SSSR count). The largest absolute Gasteiger partial charge is 0.311 e. The van der Waals surface area contributed by atoms with Crippen LogP contribution in [0, 0.1) is 13.8 Å².